The van der Waals surface area contributed by atoms with Crippen LogP contribution < -0.4 is 15.6 Å². The molecule has 114 valence electrons. The number of hydrogen-bond acceptors (Lipinski definition) is 3. The smallest absolute Gasteiger partial charge is 0.262 e. The Morgan fingerprint density at radius 3 is 2.59 bits per heavy atom. The molecule has 1 amide bonds. The molecule has 0 saturated heterocycles. The fraction of sp³-hybridized carbons (Fsp3) is 0.0625. The number of anilines is 1. The largest absolute Gasteiger partial charge is 0.494 e. The quantitative estimate of drug-likeness (QED) is 0.659. The van der Waals surface area contributed by atoms with Crippen LogP contribution in [0.3, 0.4) is 0 Å². The van der Waals surface area contributed by atoms with Crippen molar-refractivity contribution in [2.75, 3.05) is 12.5 Å². The molecule has 0 saturated carbocycles. The molecule has 0 atom stereocenters. The Bertz CT molecular complexity index is 702. The van der Waals surface area contributed by atoms with E-state index >= 15 is 0 Å². The van der Waals surface area contributed by atoms with Crippen LogP contribution in [-0.2, 0) is 4.79 Å². The summed E-state index contributed by atoms with van der Waals surface area (Å²) in [6.45, 7) is 0. The average Bonchev–Trinajstić information content (AvgIpc) is 2.52. The van der Waals surface area contributed by atoms with Crippen LogP contribution in [0.5, 0.6) is 5.75 Å². The molecule has 0 bridgehead atoms. The van der Waals surface area contributed by atoms with Crippen LogP contribution in [0.25, 0.3) is 6.08 Å². The third-order valence-corrected chi connectivity index (χ3v) is 2.80. The maximum Gasteiger partial charge on any atom is 0.262 e. The predicted molar refractivity (Wildman–Crippen MR) is 80.2 cm³/mol. The third kappa shape index (κ3) is 4.05. The van der Waals surface area contributed by atoms with Gasteiger partial charge >= 0.3 is 0 Å². The molecule has 22 heavy (non-hydrogen) atoms. The maximum absolute atomic E-state index is 13.5. The Kier molecular flexibility index (Phi) is 5.08. The lowest BCUT2D eigenvalue weighted by molar-refractivity contribution is -0.115. The number of carbonyl (C=O) groups is 1. The Hall–Kier alpha value is -2.89. The van der Waals surface area contributed by atoms with E-state index in [1.54, 1.807) is 18.2 Å². The van der Waals surface area contributed by atoms with Gasteiger partial charge in [-0.2, -0.15) is 0 Å². The molecule has 0 radical (unpaired) electrons. The molecule has 0 fully saturated rings. The Morgan fingerprint density at radius 2 is 1.91 bits per heavy atom. The van der Waals surface area contributed by atoms with Crippen LogP contribution in [0.1, 0.15) is 5.56 Å². The lowest BCUT2D eigenvalue weighted by Crippen LogP contribution is -2.27. The molecule has 0 aliphatic heterocycles. The summed E-state index contributed by atoms with van der Waals surface area (Å²) in [5, 5.41) is 0. The first-order valence-electron chi connectivity index (χ1n) is 6.42. The molecule has 2 aromatic carbocycles. The molecule has 0 aromatic heterocycles. The molecular formula is C16H14F2N2O2. The van der Waals surface area contributed by atoms with Gasteiger partial charge in [0, 0.05) is 6.08 Å². The van der Waals surface area contributed by atoms with Gasteiger partial charge in [-0.15, -0.1) is 0 Å². The van der Waals surface area contributed by atoms with E-state index in [0.29, 0.717) is 5.56 Å². The minimum atomic E-state index is -0.519. The second-order valence-corrected chi connectivity index (χ2v) is 4.32. The van der Waals surface area contributed by atoms with Crippen molar-refractivity contribution in [3.63, 3.8) is 0 Å². The molecule has 0 heterocycles. The van der Waals surface area contributed by atoms with E-state index in [1.165, 1.54) is 43.5 Å². The normalized spacial score (nSPS) is 10.5. The van der Waals surface area contributed by atoms with Crippen molar-refractivity contribution < 1.29 is 18.3 Å². The van der Waals surface area contributed by atoms with Gasteiger partial charge in [0.2, 0.25) is 0 Å². The summed E-state index contributed by atoms with van der Waals surface area (Å²) >= 11 is 0. The average molecular weight is 304 g/mol. The molecule has 4 nitrogen and oxygen atoms in total. The van der Waals surface area contributed by atoms with E-state index in [9.17, 15) is 13.6 Å². The van der Waals surface area contributed by atoms with Crippen LogP contribution in [0.4, 0.5) is 14.5 Å². The van der Waals surface area contributed by atoms with Crippen molar-refractivity contribution in [1.82, 2.24) is 5.43 Å². The number of ether oxygens (including phenoxy) is 1. The van der Waals surface area contributed by atoms with Gasteiger partial charge < -0.3 is 4.74 Å². The van der Waals surface area contributed by atoms with Gasteiger partial charge in [0.25, 0.3) is 5.91 Å². The monoisotopic (exact) mass is 304 g/mol. The zero-order valence-corrected chi connectivity index (χ0v) is 11.8. The minimum absolute atomic E-state index is 0.128. The van der Waals surface area contributed by atoms with Crippen LogP contribution in [-0.4, -0.2) is 13.0 Å². The number of carbonyl (C=O) groups excluding carboxylic acids is 1. The number of methoxy groups -OCH3 is 1. The van der Waals surface area contributed by atoms with Crippen molar-refractivity contribution >= 4 is 17.7 Å². The van der Waals surface area contributed by atoms with E-state index in [4.69, 9.17) is 4.74 Å². The molecule has 0 spiro atoms. The topological polar surface area (TPSA) is 50.4 Å². The van der Waals surface area contributed by atoms with Gasteiger partial charge in [-0.1, -0.05) is 18.2 Å². The van der Waals surface area contributed by atoms with Crippen molar-refractivity contribution in [3.8, 4) is 5.75 Å². The summed E-state index contributed by atoms with van der Waals surface area (Å²) in [5.41, 5.74) is 5.42. The van der Waals surface area contributed by atoms with E-state index < -0.39 is 17.5 Å². The number of hydrogen-bond donors (Lipinski definition) is 2. The number of nitrogens with one attached hydrogen (secondary N) is 2. The van der Waals surface area contributed by atoms with Crippen LogP contribution in [0.2, 0.25) is 0 Å². The van der Waals surface area contributed by atoms with E-state index in [-0.39, 0.29) is 11.4 Å². The van der Waals surface area contributed by atoms with Crippen molar-refractivity contribution in [2.45, 2.75) is 0 Å². The summed E-state index contributed by atoms with van der Waals surface area (Å²) in [7, 11) is 1.37. The first-order chi connectivity index (χ1) is 10.6. The van der Waals surface area contributed by atoms with Gasteiger partial charge in [0.15, 0.2) is 11.6 Å². The zero-order chi connectivity index (χ0) is 15.9. The second kappa shape index (κ2) is 7.21. The number of benzene rings is 2. The lowest BCUT2D eigenvalue weighted by Gasteiger charge is -2.07. The highest BCUT2D eigenvalue weighted by molar-refractivity contribution is 5.92. The molecule has 6 heteroatoms. The minimum Gasteiger partial charge on any atom is -0.494 e. The van der Waals surface area contributed by atoms with Crippen LogP contribution in [0, 0.1) is 11.6 Å². The standard InChI is InChI=1S/C16H14F2N2O2/c1-22-15-8-6-11(10-13(15)18)7-9-16(21)20-19-14-5-3-2-4-12(14)17/h2-10,19H,1H3,(H,20,21)/b9-7+. The summed E-state index contributed by atoms with van der Waals surface area (Å²) in [6, 6.07) is 10.2. The Labute approximate surface area is 126 Å². The fourth-order valence-electron chi connectivity index (χ4n) is 1.69. The molecule has 0 aliphatic carbocycles. The predicted octanol–water partition coefficient (Wildman–Crippen LogP) is 3.13. The number of hydrazine groups is 1. The van der Waals surface area contributed by atoms with E-state index in [1.807, 2.05) is 0 Å². The maximum atomic E-state index is 13.5. The first kappa shape index (κ1) is 15.5. The number of halogens is 2. The van der Waals surface area contributed by atoms with Crippen molar-refractivity contribution in [2.24, 2.45) is 0 Å². The molecule has 2 N–H and O–H groups in total. The third-order valence-electron chi connectivity index (χ3n) is 2.80. The summed E-state index contributed by atoms with van der Waals surface area (Å²) < 4.78 is 31.6. The highest BCUT2D eigenvalue weighted by atomic mass is 19.1. The summed E-state index contributed by atoms with van der Waals surface area (Å²) in [4.78, 5) is 11.6. The Balaban J connectivity index is 1.94. The van der Waals surface area contributed by atoms with Gasteiger partial charge in [-0.25, -0.2) is 8.78 Å². The summed E-state index contributed by atoms with van der Waals surface area (Å²) in [5.74, 6) is -1.37. The van der Waals surface area contributed by atoms with Crippen LogP contribution >= 0.6 is 0 Å². The molecular weight excluding hydrogens is 290 g/mol. The highest BCUT2D eigenvalue weighted by Crippen LogP contribution is 2.18. The molecule has 0 unspecified atom stereocenters. The lowest BCUT2D eigenvalue weighted by atomic mass is 10.2. The number of amides is 1. The number of para-hydroxylation sites is 1. The SMILES string of the molecule is COc1ccc(/C=C/C(=O)NNc2ccccc2F)cc1F. The second-order valence-electron chi connectivity index (χ2n) is 4.32. The van der Waals surface area contributed by atoms with Crippen LogP contribution in [0.15, 0.2) is 48.5 Å². The number of rotatable bonds is 5. The van der Waals surface area contributed by atoms with Gasteiger partial charge in [0.05, 0.1) is 12.8 Å². The first-order valence-corrected chi connectivity index (χ1v) is 6.42. The highest BCUT2D eigenvalue weighted by Gasteiger charge is 2.03. The van der Waals surface area contributed by atoms with E-state index in [0.717, 1.165) is 0 Å². The molecule has 2 aromatic rings. The fourth-order valence-corrected chi connectivity index (χ4v) is 1.69. The van der Waals surface area contributed by atoms with E-state index in [2.05, 4.69) is 10.9 Å². The van der Waals surface area contributed by atoms with Gasteiger partial charge in [-0.05, 0) is 35.9 Å². The summed E-state index contributed by atoms with van der Waals surface area (Å²) in [6.07, 6.45) is 2.63. The molecule has 0 aliphatic rings. The molecule has 2 rings (SSSR count). The zero-order valence-electron chi connectivity index (χ0n) is 11.8. The Morgan fingerprint density at radius 1 is 1.14 bits per heavy atom. The van der Waals surface area contributed by atoms with Gasteiger partial charge in [-0.3, -0.25) is 15.6 Å². The van der Waals surface area contributed by atoms with Gasteiger partial charge in [0.1, 0.15) is 5.82 Å². The van der Waals surface area contributed by atoms with Crippen molar-refractivity contribution in [3.05, 3.63) is 65.7 Å². The van der Waals surface area contributed by atoms with Crippen molar-refractivity contribution in [1.29, 1.82) is 0 Å².